The summed E-state index contributed by atoms with van der Waals surface area (Å²) in [6, 6.07) is 2.29. The van der Waals surface area contributed by atoms with E-state index in [4.69, 9.17) is 5.11 Å². The highest BCUT2D eigenvalue weighted by molar-refractivity contribution is 5.92. The highest BCUT2D eigenvalue weighted by Gasteiger charge is 2.31. The first kappa shape index (κ1) is 16.8. The monoisotopic (exact) mass is 304 g/mol. The average Bonchev–Trinajstić information content (AvgIpc) is 2.38. The molecule has 0 radical (unpaired) electrons. The third kappa shape index (κ3) is 4.37. The molecule has 5 nitrogen and oxygen atoms in total. The van der Waals surface area contributed by atoms with E-state index >= 15 is 0 Å². The second-order valence-corrected chi connectivity index (χ2v) is 4.38. The first-order chi connectivity index (χ1) is 9.66. The zero-order valence-electron chi connectivity index (χ0n) is 11.4. The number of urea groups is 1. The van der Waals surface area contributed by atoms with Gasteiger partial charge >= 0.3 is 18.2 Å². The molecular formula is C13H15F3N2O3. The number of carbonyl (C=O) groups is 2. The summed E-state index contributed by atoms with van der Waals surface area (Å²) in [5.41, 5.74) is -0.949. The molecule has 0 spiro atoms. The predicted octanol–water partition coefficient (Wildman–Crippen LogP) is 3.03. The standard InChI is InChI=1S/C13H15F3N2O3/c1-3-10(11(19)20)18(2)12(21)17-9-6-4-5-8(7-9)13(14,15)16/h4-7,10H,3H2,1-2H3,(H,17,21)(H,19,20). The number of anilines is 1. The number of likely N-dealkylation sites (N-methyl/N-ethyl adjacent to an activating group) is 1. The van der Waals surface area contributed by atoms with E-state index in [1.807, 2.05) is 0 Å². The second kappa shape index (κ2) is 6.47. The lowest BCUT2D eigenvalue weighted by Gasteiger charge is -2.24. The van der Waals surface area contributed by atoms with Crippen LogP contribution in [0, 0.1) is 0 Å². The molecule has 1 aromatic carbocycles. The molecule has 2 amide bonds. The van der Waals surface area contributed by atoms with Crippen LogP contribution in [0.4, 0.5) is 23.7 Å². The summed E-state index contributed by atoms with van der Waals surface area (Å²) >= 11 is 0. The number of carboxylic acid groups (broad SMARTS) is 1. The Morgan fingerprint density at radius 2 is 2.00 bits per heavy atom. The molecule has 0 aliphatic carbocycles. The van der Waals surface area contributed by atoms with Crippen LogP contribution in [0.15, 0.2) is 24.3 Å². The van der Waals surface area contributed by atoms with Crippen molar-refractivity contribution >= 4 is 17.7 Å². The molecule has 0 saturated carbocycles. The van der Waals surface area contributed by atoms with Crippen LogP contribution in [0.25, 0.3) is 0 Å². The summed E-state index contributed by atoms with van der Waals surface area (Å²) in [7, 11) is 1.27. The Bertz CT molecular complexity index is 532. The maximum Gasteiger partial charge on any atom is 0.416 e. The number of halogens is 3. The first-order valence-electron chi connectivity index (χ1n) is 6.10. The number of nitrogens with one attached hydrogen (secondary N) is 1. The summed E-state index contributed by atoms with van der Waals surface area (Å²) in [5.74, 6) is -1.18. The molecule has 8 heteroatoms. The van der Waals surface area contributed by atoms with Gasteiger partial charge in [-0.15, -0.1) is 0 Å². The third-order valence-electron chi connectivity index (χ3n) is 2.90. The Morgan fingerprint density at radius 3 is 2.48 bits per heavy atom. The van der Waals surface area contributed by atoms with Crippen molar-refractivity contribution in [1.29, 1.82) is 0 Å². The molecule has 0 aromatic heterocycles. The molecule has 1 rings (SSSR count). The van der Waals surface area contributed by atoms with Gasteiger partial charge < -0.3 is 15.3 Å². The van der Waals surface area contributed by atoms with E-state index in [2.05, 4.69) is 5.32 Å². The van der Waals surface area contributed by atoms with Gasteiger partial charge in [0.05, 0.1) is 5.56 Å². The lowest BCUT2D eigenvalue weighted by atomic mass is 10.2. The van der Waals surface area contributed by atoms with Gasteiger partial charge in [-0.25, -0.2) is 9.59 Å². The largest absolute Gasteiger partial charge is 0.480 e. The van der Waals surface area contributed by atoms with Crippen LogP contribution in [0.3, 0.4) is 0 Å². The zero-order valence-corrected chi connectivity index (χ0v) is 11.4. The fraction of sp³-hybridized carbons (Fsp3) is 0.385. The van der Waals surface area contributed by atoms with Gasteiger partial charge in [0, 0.05) is 12.7 Å². The van der Waals surface area contributed by atoms with Gasteiger partial charge in [-0.1, -0.05) is 13.0 Å². The molecule has 0 bridgehead atoms. The molecule has 2 N–H and O–H groups in total. The number of hydrogen-bond acceptors (Lipinski definition) is 2. The minimum atomic E-state index is -4.51. The third-order valence-corrected chi connectivity index (χ3v) is 2.90. The summed E-state index contributed by atoms with van der Waals surface area (Å²) in [6.45, 7) is 1.59. The summed E-state index contributed by atoms with van der Waals surface area (Å²) in [5, 5.41) is 11.2. The highest BCUT2D eigenvalue weighted by atomic mass is 19.4. The minimum absolute atomic E-state index is 0.0538. The number of aliphatic carboxylic acids is 1. The van der Waals surface area contributed by atoms with Crippen molar-refractivity contribution in [2.24, 2.45) is 0 Å². The van der Waals surface area contributed by atoms with Crippen molar-refractivity contribution in [3.8, 4) is 0 Å². The van der Waals surface area contributed by atoms with E-state index in [0.29, 0.717) is 0 Å². The summed E-state index contributed by atoms with van der Waals surface area (Å²) in [6.07, 6.45) is -4.33. The van der Waals surface area contributed by atoms with E-state index < -0.39 is 29.8 Å². The Labute approximate surface area is 119 Å². The van der Waals surface area contributed by atoms with Crippen LogP contribution in [-0.4, -0.2) is 35.1 Å². The topological polar surface area (TPSA) is 69.6 Å². The van der Waals surface area contributed by atoms with E-state index in [1.54, 1.807) is 6.92 Å². The molecule has 0 aliphatic rings. The van der Waals surface area contributed by atoms with Gasteiger partial charge in [0.2, 0.25) is 0 Å². The van der Waals surface area contributed by atoms with Crippen molar-refractivity contribution in [2.45, 2.75) is 25.6 Å². The Kier molecular flexibility index (Phi) is 5.17. The lowest BCUT2D eigenvalue weighted by Crippen LogP contribution is -2.44. The average molecular weight is 304 g/mol. The molecule has 1 atom stereocenters. The lowest BCUT2D eigenvalue weighted by molar-refractivity contribution is -0.141. The molecule has 116 valence electrons. The van der Waals surface area contributed by atoms with E-state index in [9.17, 15) is 22.8 Å². The molecule has 0 aliphatic heterocycles. The van der Waals surface area contributed by atoms with Crippen LogP contribution < -0.4 is 5.32 Å². The van der Waals surface area contributed by atoms with Gasteiger partial charge in [0.25, 0.3) is 0 Å². The molecule has 0 saturated heterocycles. The van der Waals surface area contributed by atoms with Crippen LogP contribution >= 0.6 is 0 Å². The molecule has 0 heterocycles. The quantitative estimate of drug-likeness (QED) is 0.898. The van der Waals surface area contributed by atoms with Crippen LogP contribution in [0.5, 0.6) is 0 Å². The first-order valence-corrected chi connectivity index (χ1v) is 6.10. The van der Waals surface area contributed by atoms with E-state index in [0.717, 1.165) is 23.1 Å². The maximum absolute atomic E-state index is 12.6. The number of carbonyl (C=O) groups excluding carboxylic acids is 1. The van der Waals surface area contributed by atoms with Crippen LogP contribution in [0.1, 0.15) is 18.9 Å². The van der Waals surface area contributed by atoms with E-state index in [-0.39, 0.29) is 12.1 Å². The molecule has 1 unspecified atom stereocenters. The van der Waals surface area contributed by atoms with Crippen molar-refractivity contribution < 1.29 is 27.9 Å². The fourth-order valence-electron chi connectivity index (χ4n) is 1.74. The predicted molar refractivity (Wildman–Crippen MR) is 69.9 cm³/mol. The number of alkyl halides is 3. The van der Waals surface area contributed by atoms with Crippen molar-refractivity contribution in [3.05, 3.63) is 29.8 Å². The van der Waals surface area contributed by atoms with Crippen LogP contribution in [0.2, 0.25) is 0 Å². The molecule has 21 heavy (non-hydrogen) atoms. The summed E-state index contributed by atoms with van der Waals surface area (Å²) in [4.78, 5) is 23.7. The van der Waals surface area contributed by atoms with E-state index in [1.165, 1.54) is 13.1 Å². The number of carboxylic acids is 1. The summed E-state index contributed by atoms with van der Waals surface area (Å²) < 4.78 is 37.7. The second-order valence-electron chi connectivity index (χ2n) is 4.38. The Balaban J connectivity index is 2.86. The van der Waals surface area contributed by atoms with Gasteiger partial charge in [-0.2, -0.15) is 13.2 Å². The smallest absolute Gasteiger partial charge is 0.416 e. The van der Waals surface area contributed by atoms with Gasteiger partial charge in [0.15, 0.2) is 0 Å². The molecular weight excluding hydrogens is 289 g/mol. The molecule has 1 aromatic rings. The highest BCUT2D eigenvalue weighted by Crippen LogP contribution is 2.30. The Hall–Kier alpha value is -2.25. The number of nitrogens with zero attached hydrogens (tertiary/aromatic N) is 1. The van der Waals surface area contributed by atoms with Gasteiger partial charge in [-0.3, -0.25) is 0 Å². The maximum atomic E-state index is 12.6. The minimum Gasteiger partial charge on any atom is -0.480 e. The number of amides is 2. The van der Waals surface area contributed by atoms with Gasteiger partial charge in [0.1, 0.15) is 6.04 Å². The SMILES string of the molecule is CCC(C(=O)O)N(C)C(=O)Nc1cccc(C(F)(F)F)c1. The Morgan fingerprint density at radius 1 is 1.38 bits per heavy atom. The van der Waals surface area contributed by atoms with Crippen molar-refractivity contribution in [3.63, 3.8) is 0 Å². The number of rotatable bonds is 4. The van der Waals surface area contributed by atoms with Crippen molar-refractivity contribution in [1.82, 2.24) is 4.90 Å². The fourth-order valence-corrected chi connectivity index (χ4v) is 1.74. The number of hydrogen-bond donors (Lipinski definition) is 2. The van der Waals surface area contributed by atoms with Crippen LogP contribution in [-0.2, 0) is 11.0 Å². The molecule has 0 fully saturated rings. The van der Waals surface area contributed by atoms with Crippen molar-refractivity contribution in [2.75, 3.05) is 12.4 Å². The number of benzene rings is 1. The van der Waals surface area contributed by atoms with Gasteiger partial charge in [-0.05, 0) is 24.6 Å². The zero-order chi connectivity index (χ0) is 16.2. The normalized spacial score (nSPS) is 12.6.